The fourth-order valence-electron chi connectivity index (χ4n) is 4.93. The molecule has 2 N–H and O–H groups in total. The van der Waals surface area contributed by atoms with Gasteiger partial charge in [-0.05, 0) is 61.5 Å². The average molecular weight is 419 g/mol. The molecule has 3 heterocycles. The Morgan fingerprint density at radius 1 is 0.967 bits per heavy atom. The van der Waals surface area contributed by atoms with Gasteiger partial charge in [0.1, 0.15) is 11.8 Å². The minimum absolute atomic E-state index is 0.0994. The first-order valence-corrected chi connectivity index (χ1v) is 11.1. The second-order valence-electron chi connectivity index (χ2n) is 8.12. The fraction of sp³-hybridized carbons (Fsp3) is 0.333. The predicted molar refractivity (Wildman–Crippen MR) is 123 cm³/mol. The number of phenolic OH excluding ortho intramolecular Hbond substituents is 1. The van der Waals surface area contributed by atoms with E-state index in [1.54, 1.807) is 6.07 Å². The lowest BCUT2D eigenvalue weighted by Crippen LogP contribution is -2.31. The zero-order valence-corrected chi connectivity index (χ0v) is 17.6. The van der Waals surface area contributed by atoms with E-state index in [0.717, 1.165) is 11.4 Å². The Morgan fingerprint density at radius 3 is 2.53 bits per heavy atom. The van der Waals surface area contributed by atoms with Crippen molar-refractivity contribution in [3.63, 3.8) is 0 Å². The molecule has 0 amide bonds. The number of hydrogen-bond donors (Lipinski definition) is 2. The van der Waals surface area contributed by atoms with Gasteiger partial charge in [-0.3, -0.25) is 4.98 Å². The largest absolute Gasteiger partial charge is 0.506 e. The molecule has 1 saturated carbocycles. The molecular formula is C24H26N4OS. The molecule has 3 aromatic rings. The van der Waals surface area contributed by atoms with Crippen LogP contribution in [-0.4, -0.2) is 19.8 Å². The van der Waals surface area contributed by atoms with Crippen LogP contribution >= 0.6 is 12.2 Å². The van der Waals surface area contributed by atoms with E-state index in [2.05, 4.69) is 38.1 Å². The Hall–Kier alpha value is -2.86. The van der Waals surface area contributed by atoms with E-state index >= 15 is 0 Å². The number of hydrogen-bond acceptors (Lipinski definition) is 3. The average Bonchev–Trinajstić information content (AvgIpc) is 3.40. The highest BCUT2D eigenvalue weighted by Crippen LogP contribution is 2.45. The topological polar surface area (TPSA) is 53.3 Å². The summed E-state index contributed by atoms with van der Waals surface area (Å²) in [5, 5.41) is 14.7. The van der Waals surface area contributed by atoms with Crippen LogP contribution in [-0.2, 0) is 0 Å². The third-order valence-corrected chi connectivity index (χ3v) is 6.64. The number of rotatable bonds is 4. The first-order valence-electron chi connectivity index (χ1n) is 10.7. The van der Waals surface area contributed by atoms with E-state index in [9.17, 15) is 5.11 Å². The first-order chi connectivity index (χ1) is 14.7. The number of phenols is 1. The van der Waals surface area contributed by atoms with Crippen LogP contribution < -0.4 is 10.2 Å². The first kappa shape index (κ1) is 19.1. The molecule has 1 aromatic carbocycles. The molecule has 0 spiro atoms. The van der Waals surface area contributed by atoms with Gasteiger partial charge in [0.25, 0.3) is 0 Å². The highest BCUT2D eigenvalue weighted by molar-refractivity contribution is 7.80. The van der Waals surface area contributed by atoms with Crippen molar-refractivity contribution in [3.05, 3.63) is 78.4 Å². The Bertz CT molecular complexity index is 1030. The van der Waals surface area contributed by atoms with Crippen molar-refractivity contribution in [2.24, 2.45) is 0 Å². The van der Waals surface area contributed by atoms with Crippen molar-refractivity contribution in [1.29, 1.82) is 0 Å². The summed E-state index contributed by atoms with van der Waals surface area (Å²) in [5.74, 6) is 0.226. The zero-order valence-electron chi connectivity index (χ0n) is 16.8. The smallest absolute Gasteiger partial charge is 0.174 e. The van der Waals surface area contributed by atoms with E-state index in [1.807, 2.05) is 42.6 Å². The molecular weight excluding hydrogens is 392 g/mol. The molecule has 2 fully saturated rings. The molecule has 2 aliphatic rings. The Balaban J connectivity index is 1.63. The zero-order chi connectivity index (χ0) is 20.5. The summed E-state index contributed by atoms with van der Waals surface area (Å²) in [6.45, 7) is 0. The Morgan fingerprint density at radius 2 is 1.77 bits per heavy atom. The van der Waals surface area contributed by atoms with Crippen molar-refractivity contribution in [2.75, 3.05) is 4.90 Å². The maximum atomic E-state index is 10.6. The third-order valence-electron chi connectivity index (χ3n) is 6.32. The standard InChI is InChI=1S/C24H26N4OS/c29-21-14-5-4-12-19(21)28-23(22(26-24(28)30)18-11-6-7-15-25-18)20-13-8-16-27(20)17-9-2-1-3-10-17/h4-8,11-17,22-23,29H,1-3,9-10H2,(H,26,30). The summed E-state index contributed by atoms with van der Waals surface area (Å²) in [5.41, 5.74) is 2.86. The van der Waals surface area contributed by atoms with E-state index in [4.69, 9.17) is 12.2 Å². The maximum absolute atomic E-state index is 10.6. The molecule has 154 valence electrons. The Kier molecular flexibility index (Phi) is 5.17. The molecule has 1 aliphatic carbocycles. The van der Waals surface area contributed by atoms with Crippen molar-refractivity contribution in [1.82, 2.24) is 14.9 Å². The number of thiocarbonyl (C=S) groups is 1. The van der Waals surface area contributed by atoms with Gasteiger partial charge in [-0.1, -0.05) is 37.5 Å². The van der Waals surface area contributed by atoms with Gasteiger partial charge in [-0.15, -0.1) is 0 Å². The molecule has 2 atom stereocenters. The molecule has 5 rings (SSSR count). The molecule has 2 unspecified atom stereocenters. The Labute approximate surface area is 182 Å². The van der Waals surface area contributed by atoms with Gasteiger partial charge in [0.2, 0.25) is 0 Å². The summed E-state index contributed by atoms with van der Waals surface area (Å²) in [6, 6.07) is 18.0. The fourth-order valence-corrected chi connectivity index (χ4v) is 5.27. The summed E-state index contributed by atoms with van der Waals surface area (Å²) in [6.07, 6.45) is 10.3. The van der Waals surface area contributed by atoms with Gasteiger partial charge >= 0.3 is 0 Å². The molecule has 6 heteroatoms. The molecule has 1 saturated heterocycles. The van der Waals surface area contributed by atoms with Crippen LogP contribution in [0.25, 0.3) is 0 Å². The summed E-state index contributed by atoms with van der Waals surface area (Å²) in [4.78, 5) is 6.68. The van der Waals surface area contributed by atoms with E-state index in [-0.39, 0.29) is 17.8 Å². The van der Waals surface area contributed by atoms with Crippen molar-refractivity contribution >= 4 is 23.0 Å². The number of aromatic hydroxyl groups is 1. The van der Waals surface area contributed by atoms with Crippen LogP contribution in [0.5, 0.6) is 5.75 Å². The second-order valence-corrected chi connectivity index (χ2v) is 8.50. The van der Waals surface area contributed by atoms with Gasteiger partial charge in [0, 0.05) is 24.1 Å². The summed E-state index contributed by atoms with van der Waals surface area (Å²) >= 11 is 5.78. The highest BCUT2D eigenvalue weighted by atomic mass is 32.1. The number of anilines is 1. The van der Waals surface area contributed by atoms with Crippen LogP contribution in [0.4, 0.5) is 5.69 Å². The minimum Gasteiger partial charge on any atom is -0.506 e. The number of benzene rings is 1. The van der Waals surface area contributed by atoms with E-state index in [1.165, 1.54) is 37.8 Å². The van der Waals surface area contributed by atoms with E-state index in [0.29, 0.717) is 11.2 Å². The van der Waals surface area contributed by atoms with Crippen LogP contribution in [0.1, 0.15) is 61.6 Å². The normalized spacial score (nSPS) is 22.3. The molecule has 1 aliphatic heterocycles. The lowest BCUT2D eigenvalue weighted by molar-refractivity contribution is 0.339. The molecule has 0 radical (unpaired) electrons. The van der Waals surface area contributed by atoms with Gasteiger partial charge in [0.05, 0.1) is 17.4 Å². The third kappa shape index (κ3) is 3.35. The van der Waals surface area contributed by atoms with Gasteiger partial charge in [0.15, 0.2) is 5.11 Å². The highest BCUT2D eigenvalue weighted by Gasteiger charge is 2.43. The van der Waals surface area contributed by atoms with Crippen LogP contribution in [0.2, 0.25) is 0 Å². The van der Waals surface area contributed by atoms with Crippen molar-refractivity contribution in [3.8, 4) is 5.75 Å². The number of pyridine rings is 1. The SMILES string of the molecule is Oc1ccccc1N1C(=S)NC(c2ccccn2)C1c1cccn1C1CCCCC1. The van der Waals surface area contributed by atoms with Crippen molar-refractivity contribution < 1.29 is 5.11 Å². The molecule has 30 heavy (non-hydrogen) atoms. The molecule has 5 nitrogen and oxygen atoms in total. The van der Waals surface area contributed by atoms with Gasteiger partial charge in [-0.2, -0.15) is 0 Å². The van der Waals surface area contributed by atoms with Gasteiger partial charge in [-0.25, -0.2) is 0 Å². The number of para-hydroxylation sites is 2. The van der Waals surface area contributed by atoms with Crippen molar-refractivity contribution in [2.45, 2.75) is 50.2 Å². The quantitative estimate of drug-likeness (QED) is 0.565. The van der Waals surface area contributed by atoms with Gasteiger partial charge < -0.3 is 19.9 Å². The van der Waals surface area contributed by atoms with E-state index < -0.39 is 0 Å². The molecule has 2 aromatic heterocycles. The summed E-state index contributed by atoms with van der Waals surface area (Å²) < 4.78 is 2.43. The molecule has 0 bridgehead atoms. The summed E-state index contributed by atoms with van der Waals surface area (Å²) in [7, 11) is 0. The maximum Gasteiger partial charge on any atom is 0.174 e. The lowest BCUT2D eigenvalue weighted by Gasteiger charge is -2.32. The second kappa shape index (κ2) is 8.11. The predicted octanol–water partition coefficient (Wildman–Crippen LogP) is 5.27. The lowest BCUT2D eigenvalue weighted by atomic mass is 9.94. The van der Waals surface area contributed by atoms with Crippen LogP contribution in [0, 0.1) is 0 Å². The van der Waals surface area contributed by atoms with Crippen LogP contribution in [0.15, 0.2) is 67.0 Å². The monoisotopic (exact) mass is 418 g/mol. The number of nitrogens with one attached hydrogen (secondary N) is 1. The minimum atomic E-state index is -0.101. The number of nitrogens with zero attached hydrogens (tertiary/aromatic N) is 3. The van der Waals surface area contributed by atoms with Crippen LogP contribution in [0.3, 0.4) is 0 Å². The number of aromatic nitrogens is 2.